The maximum atomic E-state index is 12.8. The van der Waals surface area contributed by atoms with E-state index in [2.05, 4.69) is 44.9 Å². The maximum Gasteiger partial charge on any atom is 0.314 e. The minimum atomic E-state index is -3.41. The van der Waals surface area contributed by atoms with Crippen LogP contribution in [0.25, 0.3) is 4.85 Å². The zero-order valence-corrected chi connectivity index (χ0v) is 20.8. The molecule has 1 aromatic carbocycles. The Labute approximate surface area is 201 Å². The van der Waals surface area contributed by atoms with Gasteiger partial charge in [0.2, 0.25) is 5.82 Å². The Bertz CT molecular complexity index is 1200. The fourth-order valence-electron chi connectivity index (χ4n) is 4.50. The van der Waals surface area contributed by atoms with Crippen LogP contribution >= 0.6 is 0 Å². The number of hydrogen-bond donors (Lipinski definition) is 2. The third-order valence-corrected chi connectivity index (χ3v) is 8.71. The Hall–Kier alpha value is -2.94. The molecular formula is C23H31N7O3S. The normalized spacial score (nSPS) is 21.2. The molecule has 2 N–H and O–H groups in total. The first-order valence-corrected chi connectivity index (χ1v) is 12.7. The van der Waals surface area contributed by atoms with E-state index in [4.69, 9.17) is 6.57 Å². The molecule has 2 saturated heterocycles. The number of nitrogens with one attached hydrogen (secondary N) is 2. The highest BCUT2D eigenvalue weighted by molar-refractivity contribution is 7.86. The van der Waals surface area contributed by atoms with Crippen LogP contribution in [0.3, 0.4) is 0 Å². The molecule has 2 aliphatic rings. The summed E-state index contributed by atoms with van der Waals surface area (Å²) >= 11 is 0. The highest BCUT2D eigenvalue weighted by Crippen LogP contribution is 2.38. The average Bonchev–Trinajstić information content (AvgIpc) is 3.27. The van der Waals surface area contributed by atoms with Crippen molar-refractivity contribution in [2.75, 3.05) is 50.5 Å². The number of aromatic amines is 1. The lowest BCUT2D eigenvalue weighted by Crippen LogP contribution is -2.49. The van der Waals surface area contributed by atoms with E-state index in [0.717, 1.165) is 37.2 Å². The largest absolute Gasteiger partial charge is 0.370 e. The Kier molecular flexibility index (Phi) is 6.42. The molecule has 4 rings (SSSR count). The van der Waals surface area contributed by atoms with Crippen LogP contribution in [-0.2, 0) is 10.2 Å². The van der Waals surface area contributed by atoms with Crippen LogP contribution in [-0.4, -0.2) is 73.2 Å². The predicted molar refractivity (Wildman–Crippen MR) is 131 cm³/mol. The van der Waals surface area contributed by atoms with E-state index in [9.17, 15) is 13.2 Å². The summed E-state index contributed by atoms with van der Waals surface area (Å²) in [6.45, 7) is 14.1. The van der Waals surface area contributed by atoms with Gasteiger partial charge in [-0.25, -0.2) is 4.98 Å². The lowest BCUT2D eigenvalue weighted by atomic mass is 9.82. The van der Waals surface area contributed by atoms with Gasteiger partial charge in [-0.2, -0.15) is 17.0 Å². The Balaban J connectivity index is 1.64. The van der Waals surface area contributed by atoms with Crippen molar-refractivity contribution >= 4 is 33.3 Å². The molecule has 0 aliphatic carbocycles. The molecule has 2 fully saturated rings. The molecule has 0 atom stereocenters. The van der Waals surface area contributed by atoms with Crippen LogP contribution in [0, 0.1) is 12.0 Å². The highest BCUT2D eigenvalue weighted by atomic mass is 32.2. The number of rotatable bonds is 4. The van der Waals surface area contributed by atoms with Crippen molar-refractivity contribution in [3.05, 3.63) is 47.2 Å². The van der Waals surface area contributed by atoms with Crippen LogP contribution in [0.1, 0.15) is 48.8 Å². The van der Waals surface area contributed by atoms with Crippen molar-refractivity contribution in [1.29, 1.82) is 0 Å². The van der Waals surface area contributed by atoms with Crippen LogP contribution in [0.2, 0.25) is 0 Å². The summed E-state index contributed by atoms with van der Waals surface area (Å²) in [5, 5.41) is 2.95. The van der Waals surface area contributed by atoms with Gasteiger partial charge in [-0.1, -0.05) is 26.5 Å². The van der Waals surface area contributed by atoms with Crippen molar-refractivity contribution in [3.8, 4) is 0 Å². The molecule has 34 heavy (non-hydrogen) atoms. The number of aromatic nitrogens is 2. The van der Waals surface area contributed by atoms with Crippen LogP contribution in [0.5, 0.6) is 0 Å². The number of H-pyrrole nitrogens is 1. The Morgan fingerprint density at radius 2 is 1.85 bits per heavy atom. The second kappa shape index (κ2) is 9.02. The molecule has 0 spiro atoms. The first-order valence-electron chi connectivity index (χ1n) is 11.3. The minimum absolute atomic E-state index is 0.00885. The van der Waals surface area contributed by atoms with E-state index in [1.54, 1.807) is 14.1 Å². The number of benzene rings is 1. The molecule has 11 heteroatoms. The zero-order valence-electron chi connectivity index (χ0n) is 20.0. The van der Waals surface area contributed by atoms with Crippen molar-refractivity contribution in [2.24, 2.45) is 5.41 Å². The molecule has 0 bridgehead atoms. The van der Waals surface area contributed by atoms with E-state index < -0.39 is 16.1 Å². The molecule has 10 nitrogen and oxygen atoms in total. The van der Waals surface area contributed by atoms with Gasteiger partial charge in [-0.05, 0) is 36.0 Å². The van der Waals surface area contributed by atoms with Crippen molar-refractivity contribution < 1.29 is 13.2 Å². The lowest BCUT2D eigenvalue weighted by Gasteiger charge is -2.40. The number of nitrogens with zero attached hydrogens (tertiary/aromatic N) is 5. The number of amides is 1. The van der Waals surface area contributed by atoms with Gasteiger partial charge in [0, 0.05) is 46.2 Å². The summed E-state index contributed by atoms with van der Waals surface area (Å²) in [5.41, 5.74) is 2.88. The zero-order chi connectivity index (χ0) is 24.7. The van der Waals surface area contributed by atoms with Crippen LogP contribution in [0.4, 0.5) is 17.2 Å². The number of anilines is 2. The second-order valence-electron chi connectivity index (χ2n) is 9.88. The maximum absolute atomic E-state index is 12.8. The fourth-order valence-corrected chi connectivity index (χ4v) is 5.72. The summed E-state index contributed by atoms with van der Waals surface area (Å²) in [7, 11) is -0.215. The lowest BCUT2D eigenvalue weighted by molar-refractivity contribution is 0.101. The summed E-state index contributed by atoms with van der Waals surface area (Å²) < 4.78 is 27.5. The molecule has 3 heterocycles. The van der Waals surface area contributed by atoms with Crippen molar-refractivity contribution in [3.63, 3.8) is 0 Å². The van der Waals surface area contributed by atoms with Crippen LogP contribution < -0.4 is 10.2 Å². The van der Waals surface area contributed by atoms with Gasteiger partial charge in [-0.15, -0.1) is 0 Å². The standard InChI is InChI=1S/C23H31N7O3S/c1-23(2)8-10-30(11-9-23)19-12-16(17-14-28(4)34(32,33)29(5)15-17)6-7-18(19)26-22(31)21-25-13-20(24-3)27-21/h6-7,12-13,17H,8-11,14-15H2,1-2,4-5H3,(H,25,27)(H,26,31). The molecule has 0 saturated carbocycles. The third-order valence-electron chi connectivity index (χ3n) is 6.84. The number of piperidine rings is 1. The molecule has 1 amide bonds. The van der Waals surface area contributed by atoms with Crippen molar-refractivity contribution in [2.45, 2.75) is 32.6 Å². The average molecular weight is 486 g/mol. The number of hydrogen-bond acceptors (Lipinski definition) is 5. The van der Waals surface area contributed by atoms with Gasteiger partial charge in [-0.3, -0.25) is 9.78 Å². The highest BCUT2D eigenvalue weighted by Gasteiger charge is 2.35. The van der Waals surface area contributed by atoms with E-state index >= 15 is 0 Å². The summed E-state index contributed by atoms with van der Waals surface area (Å²) in [6.07, 6.45) is 3.40. The number of likely N-dealkylation sites (N-methyl/N-ethyl adjacent to an activating group) is 2. The van der Waals surface area contributed by atoms with E-state index in [0.29, 0.717) is 18.8 Å². The Morgan fingerprint density at radius 1 is 1.21 bits per heavy atom. The summed E-state index contributed by atoms with van der Waals surface area (Å²) in [4.78, 5) is 25.1. The number of imidazole rings is 1. The Morgan fingerprint density at radius 3 is 2.44 bits per heavy atom. The monoisotopic (exact) mass is 485 g/mol. The molecule has 2 aromatic rings. The van der Waals surface area contributed by atoms with Gasteiger partial charge in [0.05, 0.1) is 17.6 Å². The third kappa shape index (κ3) is 4.80. The first-order chi connectivity index (χ1) is 16.0. The predicted octanol–water partition coefficient (Wildman–Crippen LogP) is 3.04. The van der Waals surface area contributed by atoms with E-state index in [1.165, 1.54) is 14.8 Å². The smallest absolute Gasteiger partial charge is 0.314 e. The van der Waals surface area contributed by atoms with Crippen LogP contribution in [0.15, 0.2) is 24.4 Å². The summed E-state index contributed by atoms with van der Waals surface area (Å²) in [5.74, 6) is -0.111. The minimum Gasteiger partial charge on any atom is -0.370 e. The topological polar surface area (TPSA) is 106 Å². The number of carbonyl (C=O) groups is 1. The quantitative estimate of drug-likeness (QED) is 0.648. The molecular weight excluding hydrogens is 454 g/mol. The van der Waals surface area contributed by atoms with Gasteiger partial charge in [0.25, 0.3) is 16.0 Å². The molecule has 0 unspecified atom stereocenters. The van der Waals surface area contributed by atoms with E-state index in [1.807, 2.05) is 12.1 Å². The summed E-state index contributed by atoms with van der Waals surface area (Å²) in [6, 6.07) is 5.90. The van der Waals surface area contributed by atoms with Gasteiger partial charge in [0.15, 0.2) is 0 Å². The van der Waals surface area contributed by atoms with Gasteiger partial charge >= 0.3 is 5.91 Å². The number of carbonyl (C=O) groups excluding carboxylic acids is 1. The van der Waals surface area contributed by atoms with E-state index in [-0.39, 0.29) is 23.0 Å². The molecule has 0 radical (unpaired) electrons. The SMILES string of the molecule is [C-]#[N+]c1cnc(C(=O)Nc2ccc(C3CN(C)S(=O)(=O)N(C)C3)cc2N2CCC(C)(C)CC2)[nH]1. The fraction of sp³-hybridized carbons (Fsp3) is 0.522. The molecule has 2 aliphatic heterocycles. The van der Waals surface area contributed by atoms with Gasteiger partial charge in [0.1, 0.15) is 0 Å². The molecule has 1 aromatic heterocycles. The first kappa shape index (κ1) is 24.2. The second-order valence-corrected chi connectivity index (χ2v) is 12.0. The molecule has 182 valence electrons. The van der Waals surface area contributed by atoms with Crippen molar-refractivity contribution in [1.82, 2.24) is 18.6 Å². The van der Waals surface area contributed by atoms with Gasteiger partial charge < -0.3 is 15.1 Å².